The molecule has 0 bridgehead atoms. The van der Waals surface area contributed by atoms with E-state index in [1.807, 2.05) is 18.2 Å². The van der Waals surface area contributed by atoms with E-state index in [1.165, 1.54) is 34.4 Å². The maximum absolute atomic E-state index is 13.2. The van der Waals surface area contributed by atoms with Gasteiger partial charge >= 0.3 is 6.03 Å². The lowest BCUT2D eigenvalue weighted by atomic mass is 9.92. The fourth-order valence-corrected chi connectivity index (χ4v) is 4.58. The van der Waals surface area contributed by atoms with Crippen LogP contribution in [0.15, 0.2) is 53.9 Å². The van der Waals surface area contributed by atoms with Crippen LogP contribution in [-0.4, -0.2) is 35.8 Å². The van der Waals surface area contributed by atoms with Crippen LogP contribution in [0.4, 0.5) is 9.18 Å². The van der Waals surface area contributed by atoms with Crippen molar-refractivity contribution in [2.24, 2.45) is 0 Å². The third kappa shape index (κ3) is 3.66. The molecular weight excluding hydrogens is 405 g/mol. The zero-order valence-corrected chi connectivity index (χ0v) is 17.1. The molecule has 0 spiro atoms. The summed E-state index contributed by atoms with van der Waals surface area (Å²) in [6, 6.07) is 12.8. The van der Waals surface area contributed by atoms with E-state index >= 15 is 0 Å². The summed E-state index contributed by atoms with van der Waals surface area (Å²) in [5.41, 5.74) is 0.268. The lowest BCUT2D eigenvalue weighted by Crippen LogP contribution is -2.43. The topological polar surface area (TPSA) is 78.5 Å². The van der Waals surface area contributed by atoms with E-state index in [1.54, 1.807) is 18.3 Å². The van der Waals surface area contributed by atoms with Gasteiger partial charge < -0.3 is 10.6 Å². The summed E-state index contributed by atoms with van der Waals surface area (Å²) in [6.45, 7) is 1.57. The van der Waals surface area contributed by atoms with Crippen molar-refractivity contribution in [1.29, 1.82) is 0 Å². The van der Waals surface area contributed by atoms with E-state index in [2.05, 4.69) is 22.1 Å². The number of thiophene rings is 1. The van der Waals surface area contributed by atoms with E-state index in [9.17, 15) is 18.8 Å². The number of carbonyl (C=O) groups is 3. The third-order valence-corrected chi connectivity index (χ3v) is 6.29. The van der Waals surface area contributed by atoms with Gasteiger partial charge in [-0.3, -0.25) is 14.5 Å². The number of urea groups is 1. The lowest BCUT2D eigenvalue weighted by molar-refractivity contribution is -0.134. The second kappa shape index (κ2) is 7.87. The van der Waals surface area contributed by atoms with Crippen molar-refractivity contribution in [3.63, 3.8) is 0 Å². The molecule has 0 radical (unpaired) electrons. The molecule has 1 aliphatic rings. The first-order chi connectivity index (χ1) is 14.4. The van der Waals surface area contributed by atoms with Crippen LogP contribution >= 0.6 is 11.3 Å². The van der Waals surface area contributed by atoms with Crippen molar-refractivity contribution in [3.8, 4) is 0 Å². The molecule has 2 heterocycles. The Labute approximate surface area is 176 Å². The van der Waals surface area contributed by atoms with Crippen LogP contribution in [-0.2, 0) is 21.5 Å². The van der Waals surface area contributed by atoms with E-state index in [-0.39, 0.29) is 6.54 Å². The largest absolute Gasteiger partial charge is 0.354 e. The Balaban J connectivity index is 1.36. The van der Waals surface area contributed by atoms with Crippen molar-refractivity contribution in [3.05, 3.63) is 70.9 Å². The van der Waals surface area contributed by atoms with Gasteiger partial charge in [-0.25, -0.2) is 9.18 Å². The molecule has 3 aromatic rings. The minimum Gasteiger partial charge on any atom is -0.354 e. The Morgan fingerprint density at radius 1 is 1.17 bits per heavy atom. The molecular formula is C22H20FN3O3S. The molecule has 4 amide bonds. The number of imide groups is 1. The highest BCUT2D eigenvalue weighted by Gasteiger charge is 2.49. The van der Waals surface area contributed by atoms with Crippen LogP contribution in [0.3, 0.4) is 0 Å². The first-order valence-corrected chi connectivity index (χ1v) is 10.4. The van der Waals surface area contributed by atoms with Crippen molar-refractivity contribution in [1.82, 2.24) is 15.5 Å². The number of carbonyl (C=O) groups excluding carboxylic acids is 3. The van der Waals surface area contributed by atoms with Crippen LogP contribution < -0.4 is 10.6 Å². The average Bonchev–Trinajstić information content (AvgIpc) is 3.23. The van der Waals surface area contributed by atoms with Crippen molar-refractivity contribution in [2.75, 3.05) is 13.1 Å². The minimum absolute atomic E-state index is 0.369. The molecule has 1 aliphatic heterocycles. The highest BCUT2D eigenvalue weighted by Crippen LogP contribution is 2.29. The average molecular weight is 425 g/mol. The monoisotopic (exact) mass is 425 g/mol. The van der Waals surface area contributed by atoms with Gasteiger partial charge in [0.15, 0.2) is 0 Å². The molecule has 0 saturated carbocycles. The van der Waals surface area contributed by atoms with Crippen LogP contribution in [0.25, 0.3) is 10.1 Å². The zero-order chi connectivity index (χ0) is 21.3. The van der Waals surface area contributed by atoms with Gasteiger partial charge in [-0.05, 0) is 53.4 Å². The standard InChI is InChI=1S/C22H20FN3O3S/c1-22(15-6-8-16(23)9-7-15)20(28)26(21(29)25-22)12-19(27)24-11-10-14-13-30-18-5-3-2-4-17(14)18/h2-9,13H,10-12H2,1H3,(H,24,27)(H,25,29). The van der Waals surface area contributed by atoms with Crippen molar-refractivity contribution in [2.45, 2.75) is 18.9 Å². The Kier molecular flexibility index (Phi) is 5.26. The summed E-state index contributed by atoms with van der Waals surface area (Å²) in [4.78, 5) is 38.4. The first-order valence-electron chi connectivity index (χ1n) is 9.50. The van der Waals surface area contributed by atoms with Crippen molar-refractivity contribution < 1.29 is 18.8 Å². The van der Waals surface area contributed by atoms with E-state index in [0.29, 0.717) is 18.5 Å². The van der Waals surface area contributed by atoms with Crippen LogP contribution in [0.5, 0.6) is 0 Å². The second-order valence-corrected chi connectivity index (χ2v) is 8.22. The minimum atomic E-state index is -1.33. The molecule has 1 unspecified atom stereocenters. The third-order valence-electron chi connectivity index (χ3n) is 5.28. The maximum Gasteiger partial charge on any atom is 0.325 e. The Bertz CT molecular complexity index is 1130. The summed E-state index contributed by atoms with van der Waals surface area (Å²) in [5, 5.41) is 8.62. The molecule has 1 saturated heterocycles. The molecule has 2 N–H and O–H groups in total. The molecule has 154 valence electrons. The number of rotatable bonds is 6. The van der Waals surface area contributed by atoms with Gasteiger partial charge in [0.1, 0.15) is 17.9 Å². The molecule has 6 nitrogen and oxygen atoms in total. The molecule has 8 heteroatoms. The van der Waals surface area contributed by atoms with Gasteiger partial charge in [0.2, 0.25) is 5.91 Å². The smallest absolute Gasteiger partial charge is 0.325 e. The Morgan fingerprint density at radius 3 is 2.67 bits per heavy atom. The molecule has 4 rings (SSSR count). The maximum atomic E-state index is 13.2. The number of nitrogens with zero attached hydrogens (tertiary/aromatic N) is 1. The van der Waals surface area contributed by atoms with Crippen LogP contribution in [0.2, 0.25) is 0 Å². The van der Waals surface area contributed by atoms with Crippen molar-refractivity contribution >= 4 is 39.3 Å². The zero-order valence-electron chi connectivity index (χ0n) is 16.3. The SMILES string of the molecule is CC1(c2ccc(F)cc2)NC(=O)N(CC(=O)NCCc2csc3ccccc23)C1=O. The first kappa shape index (κ1) is 20.0. The Morgan fingerprint density at radius 2 is 1.90 bits per heavy atom. The van der Waals surface area contributed by atoms with E-state index in [0.717, 1.165) is 10.5 Å². The number of nitrogens with one attached hydrogen (secondary N) is 2. The van der Waals surface area contributed by atoms with Crippen LogP contribution in [0, 0.1) is 5.82 Å². The number of benzene rings is 2. The molecule has 1 aromatic heterocycles. The number of hydrogen-bond donors (Lipinski definition) is 2. The van der Waals surface area contributed by atoms with E-state index in [4.69, 9.17) is 0 Å². The summed E-state index contributed by atoms with van der Waals surface area (Å²) in [7, 11) is 0. The van der Waals surface area contributed by atoms with Gasteiger partial charge in [-0.2, -0.15) is 0 Å². The van der Waals surface area contributed by atoms with Crippen LogP contribution in [0.1, 0.15) is 18.1 Å². The molecule has 1 fully saturated rings. The van der Waals surface area contributed by atoms with Gasteiger partial charge in [-0.15, -0.1) is 11.3 Å². The Hall–Kier alpha value is -3.26. The second-order valence-electron chi connectivity index (χ2n) is 7.31. The van der Waals surface area contributed by atoms with E-state index < -0.39 is 29.2 Å². The predicted octanol–water partition coefficient (Wildman–Crippen LogP) is 3.17. The van der Waals surface area contributed by atoms with Gasteiger partial charge in [0.05, 0.1) is 0 Å². The number of halogens is 1. The molecule has 0 aliphatic carbocycles. The fraction of sp³-hybridized carbons (Fsp3) is 0.227. The van der Waals surface area contributed by atoms with Gasteiger partial charge in [0.25, 0.3) is 5.91 Å². The summed E-state index contributed by atoms with van der Waals surface area (Å²) in [5.74, 6) is -1.40. The normalized spacial score (nSPS) is 18.7. The number of amides is 4. The van der Waals surface area contributed by atoms with Gasteiger partial charge in [-0.1, -0.05) is 30.3 Å². The summed E-state index contributed by atoms with van der Waals surface area (Å²) >= 11 is 1.66. The summed E-state index contributed by atoms with van der Waals surface area (Å²) in [6.07, 6.45) is 0.656. The molecule has 30 heavy (non-hydrogen) atoms. The quantitative estimate of drug-likeness (QED) is 0.596. The highest BCUT2D eigenvalue weighted by atomic mass is 32.1. The summed E-state index contributed by atoms with van der Waals surface area (Å²) < 4.78 is 14.4. The number of hydrogen-bond acceptors (Lipinski definition) is 4. The predicted molar refractivity (Wildman–Crippen MR) is 113 cm³/mol. The molecule has 2 aromatic carbocycles. The highest BCUT2D eigenvalue weighted by molar-refractivity contribution is 7.17. The fourth-order valence-electron chi connectivity index (χ4n) is 3.58. The van der Waals surface area contributed by atoms with Gasteiger partial charge in [0, 0.05) is 11.2 Å². The lowest BCUT2D eigenvalue weighted by Gasteiger charge is -2.22. The molecule has 1 atom stereocenters. The number of fused-ring (bicyclic) bond motifs is 1.